The van der Waals surface area contributed by atoms with Gasteiger partial charge in [-0.25, -0.2) is 8.78 Å². The van der Waals surface area contributed by atoms with Crippen LogP contribution in [0.4, 0.5) is 8.78 Å². The number of ether oxygens (including phenoxy) is 1. The molecule has 1 fully saturated rings. The zero-order valence-corrected chi connectivity index (χ0v) is 12.0. The van der Waals surface area contributed by atoms with E-state index in [1.54, 1.807) is 30.8 Å². The van der Waals surface area contributed by atoms with Crippen molar-refractivity contribution in [3.05, 3.63) is 34.9 Å². The van der Waals surface area contributed by atoms with Crippen LogP contribution < -0.4 is 5.32 Å². The Hall–Kier alpha value is -0.650. The van der Waals surface area contributed by atoms with Crippen LogP contribution in [0.1, 0.15) is 24.1 Å². The predicted octanol–water partition coefficient (Wildman–Crippen LogP) is 3.06. The lowest BCUT2D eigenvalue weighted by atomic mass is 9.99. The molecule has 1 heterocycles. The van der Waals surface area contributed by atoms with Gasteiger partial charge in [-0.2, -0.15) is 11.8 Å². The van der Waals surface area contributed by atoms with Gasteiger partial charge >= 0.3 is 0 Å². The van der Waals surface area contributed by atoms with Crippen molar-refractivity contribution in [1.29, 1.82) is 0 Å². The second-order valence-electron chi connectivity index (χ2n) is 4.62. The van der Waals surface area contributed by atoms with E-state index in [1.807, 2.05) is 6.92 Å². The van der Waals surface area contributed by atoms with E-state index in [0.29, 0.717) is 24.3 Å². The number of hydrogen-bond acceptors (Lipinski definition) is 3. The summed E-state index contributed by atoms with van der Waals surface area (Å²) in [5.74, 6) is 0.237. The van der Waals surface area contributed by atoms with Gasteiger partial charge in [0.15, 0.2) is 11.6 Å². The fourth-order valence-electron chi connectivity index (χ4n) is 2.26. The van der Waals surface area contributed by atoms with Crippen LogP contribution in [-0.2, 0) is 4.74 Å². The summed E-state index contributed by atoms with van der Waals surface area (Å²) in [5.41, 5.74) is 0.688. The molecule has 0 aliphatic carbocycles. The van der Waals surface area contributed by atoms with Crippen molar-refractivity contribution in [2.45, 2.75) is 26.0 Å². The lowest BCUT2D eigenvalue weighted by Gasteiger charge is -2.31. The van der Waals surface area contributed by atoms with Crippen LogP contribution in [0.5, 0.6) is 0 Å². The van der Waals surface area contributed by atoms with E-state index in [4.69, 9.17) is 4.74 Å². The van der Waals surface area contributed by atoms with Crippen LogP contribution in [0.3, 0.4) is 0 Å². The van der Waals surface area contributed by atoms with Crippen LogP contribution >= 0.6 is 11.8 Å². The average Bonchev–Trinajstić information content (AvgIpc) is 2.44. The summed E-state index contributed by atoms with van der Waals surface area (Å²) in [7, 11) is 0. The summed E-state index contributed by atoms with van der Waals surface area (Å²) in [6.07, 6.45) is -0.115. The normalized spacial score (nSPS) is 21.4. The molecule has 1 aromatic carbocycles. The SMILES string of the molecule is CCNC(c1ccc(C)c(F)c1F)C1CSCCO1. The largest absolute Gasteiger partial charge is 0.375 e. The predicted molar refractivity (Wildman–Crippen MR) is 74.6 cm³/mol. The van der Waals surface area contributed by atoms with E-state index in [2.05, 4.69) is 5.32 Å². The lowest BCUT2D eigenvalue weighted by Crippen LogP contribution is -2.38. The first-order valence-electron chi connectivity index (χ1n) is 6.52. The van der Waals surface area contributed by atoms with Crippen molar-refractivity contribution in [3.63, 3.8) is 0 Å². The number of aryl methyl sites for hydroxylation is 1. The maximum atomic E-state index is 14.1. The van der Waals surface area contributed by atoms with Gasteiger partial charge < -0.3 is 10.1 Å². The Morgan fingerprint density at radius 1 is 1.42 bits per heavy atom. The molecular weight excluding hydrogens is 268 g/mol. The first-order chi connectivity index (χ1) is 9.15. The maximum Gasteiger partial charge on any atom is 0.163 e. The summed E-state index contributed by atoms with van der Waals surface area (Å²) >= 11 is 1.78. The standard InChI is InChI=1S/C14H19F2NOS/c1-3-17-14(11-8-19-7-6-18-11)10-5-4-9(2)12(15)13(10)16/h4-5,11,14,17H,3,6-8H2,1-2H3. The van der Waals surface area contributed by atoms with Gasteiger partial charge in [0.2, 0.25) is 0 Å². The summed E-state index contributed by atoms with van der Waals surface area (Å²) in [4.78, 5) is 0. The molecule has 1 aliphatic rings. The second-order valence-corrected chi connectivity index (χ2v) is 5.77. The zero-order chi connectivity index (χ0) is 13.8. The topological polar surface area (TPSA) is 21.3 Å². The van der Waals surface area contributed by atoms with Gasteiger partial charge in [0.25, 0.3) is 0 Å². The summed E-state index contributed by atoms with van der Waals surface area (Å²) < 4.78 is 33.5. The minimum atomic E-state index is -0.760. The molecule has 1 saturated heterocycles. The van der Waals surface area contributed by atoms with Gasteiger partial charge in [0, 0.05) is 17.1 Å². The van der Waals surface area contributed by atoms with Crippen molar-refractivity contribution in [2.75, 3.05) is 24.7 Å². The van der Waals surface area contributed by atoms with Crippen LogP contribution in [0.25, 0.3) is 0 Å². The minimum Gasteiger partial charge on any atom is -0.375 e. The molecule has 2 nitrogen and oxygen atoms in total. The van der Waals surface area contributed by atoms with Crippen molar-refractivity contribution in [1.82, 2.24) is 5.32 Å². The van der Waals surface area contributed by atoms with Gasteiger partial charge in [-0.05, 0) is 19.0 Å². The third kappa shape index (κ3) is 3.27. The number of benzene rings is 1. The van der Waals surface area contributed by atoms with Crippen LogP contribution in [0.2, 0.25) is 0 Å². The molecule has 2 atom stereocenters. The zero-order valence-electron chi connectivity index (χ0n) is 11.2. The Balaban J connectivity index is 2.30. The fraction of sp³-hybridized carbons (Fsp3) is 0.571. The third-order valence-corrected chi connectivity index (χ3v) is 4.30. The summed E-state index contributed by atoms with van der Waals surface area (Å²) in [6.45, 7) is 4.86. The van der Waals surface area contributed by atoms with Crippen molar-refractivity contribution in [3.8, 4) is 0 Å². The van der Waals surface area contributed by atoms with Crippen molar-refractivity contribution < 1.29 is 13.5 Å². The van der Waals surface area contributed by atoms with Gasteiger partial charge in [-0.15, -0.1) is 0 Å². The molecule has 1 aromatic rings. The molecule has 0 bridgehead atoms. The lowest BCUT2D eigenvalue weighted by molar-refractivity contribution is 0.0461. The number of rotatable bonds is 4. The van der Waals surface area contributed by atoms with Gasteiger partial charge in [-0.1, -0.05) is 19.1 Å². The van der Waals surface area contributed by atoms with Crippen LogP contribution in [0.15, 0.2) is 12.1 Å². The van der Waals surface area contributed by atoms with Crippen LogP contribution in [-0.4, -0.2) is 30.8 Å². The second kappa shape index (κ2) is 6.68. The minimum absolute atomic E-state index is 0.115. The highest BCUT2D eigenvalue weighted by atomic mass is 32.2. The number of nitrogens with one attached hydrogen (secondary N) is 1. The molecule has 0 radical (unpaired) electrons. The molecular formula is C14H19F2NOS. The van der Waals surface area contributed by atoms with E-state index < -0.39 is 11.6 Å². The van der Waals surface area contributed by atoms with Gasteiger partial charge in [0.05, 0.1) is 18.8 Å². The van der Waals surface area contributed by atoms with E-state index in [-0.39, 0.29) is 12.1 Å². The van der Waals surface area contributed by atoms with Crippen molar-refractivity contribution >= 4 is 11.8 Å². The van der Waals surface area contributed by atoms with E-state index in [1.165, 1.54) is 0 Å². The molecule has 5 heteroatoms. The first kappa shape index (κ1) is 14.8. The van der Waals surface area contributed by atoms with Gasteiger partial charge in [0.1, 0.15) is 0 Å². The Labute approximate surface area is 116 Å². The number of thioether (sulfide) groups is 1. The molecule has 0 aromatic heterocycles. The molecule has 0 amide bonds. The maximum absolute atomic E-state index is 14.1. The number of likely N-dealkylation sites (N-methyl/N-ethyl adjacent to an activating group) is 1. The highest BCUT2D eigenvalue weighted by Gasteiger charge is 2.29. The Morgan fingerprint density at radius 2 is 2.21 bits per heavy atom. The molecule has 106 valence electrons. The smallest absolute Gasteiger partial charge is 0.163 e. The molecule has 0 spiro atoms. The number of halogens is 2. The molecule has 1 N–H and O–H groups in total. The van der Waals surface area contributed by atoms with E-state index in [9.17, 15) is 8.78 Å². The first-order valence-corrected chi connectivity index (χ1v) is 7.67. The quantitative estimate of drug-likeness (QED) is 0.919. The number of hydrogen-bond donors (Lipinski definition) is 1. The molecule has 1 aliphatic heterocycles. The van der Waals surface area contributed by atoms with Crippen molar-refractivity contribution in [2.24, 2.45) is 0 Å². The van der Waals surface area contributed by atoms with E-state index in [0.717, 1.165) is 11.5 Å². The monoisotopic (exact) mass is 287 g/mol. The summed E-state index contributed by atoms with van der Waals surface area (Å²) in [6, 6.07) is 2.98. The average molecular weight is 287 g/mol. The van der Waals surface area contributed by atoms with E-state index >= 15 is 0 Å². The molecule has 2 unspecified atom stereocenters. The molecule has 2 rings (SSSR count). The Morgan fingerprint density at radius 3 is 2.84 bits per heavy atom. The Kier molecular flexibility index (Phi) is 5.19. The molecule has 0 saturated carbocycles. The third-order valence-electron chi connectivity index (χ3n) is 3.28. The molecule has 19 heavy (non-hydrogen) atoms. The Bertz CT molecular complexity index is 436. The van der Waals surface area contributed by atoms with Gasteiger partial charge in [-0.3, -0.25) is 0 Å². The highest BCUT2D eigenvalue weighted by Crippen LogP contribution is 2.29. The van der Waals surface area contributed by atoms with Crippen LogP contribution in [0, 0.1) is 18.6 Å². The highest BCUT2D eigenvalue weighted by molar-refractivity contribution is 7.99. The fourth-order valence-corrected chi connectivity index (χ4v) is 3.16. The summed E-state index contributed by atoms with van der Waals surface area (Å²) in [5, 5.41) is 3.21.